The van der Waals surface area contributed by atoms with Crippen LogP contribution in [0.2, 0.25) is 0 Å². The number of hydrogen-bond donors (Lipinski definition) is 0. The zero-order chi connectivity index (χ0) is 13.3. The zero-order valence-electron chi connectivity index (χ0n) is 11.4. The van der Waals surface area contributed by atoms with Gasteiger partial charge in [-0.25, -0.2) is 0 Å². The van der Waals surface area contributed by atoms with Crippen LogP contribution in [0.3, 0.4) is 0 Å². The molecule has 102 valence electrons. The molecule has 0 aromatic heterocycles. The molecule has 0 amide bonds. The van der Waals surface area contributed by atoms with Gasteiger partial charge in [-0.15, -0.1) is 0 Å². The van der Waals surface area contributed by atoms with E-state index >= 15 is 0 Å². The van der Waals surface area contributed by atoms with Gasteiger partial charge in [0.15, 0.2) is 5.12 Å². The molecule has 0 saturated heterocycles. The second kappa shape index (κ2) is 9.10. The van der Waals surface area contributed by atoms with Crippen molar-refractivity contribution < 1.29 is 18.1 Å². The van der Waals surface area contributed by atoms with Crippen molar-refractivity contribution in [2.45, 2.75) is 44.4 Å². The zero-order valence-corrected chi connectivity index (χ0v) is 13.3. The van der Waals surface area contributed by atoms with Gasteiger partial charge in [0, 0.05) is 27.8 Å². The molecule has 4 nitrogen and oxygen atoms in total. The van der Waals surface area contributed by atoms with Crippen LogP contribution >= 0.6 is 11.8 Å². The second-order valence-electron chi connectivity index (χ2n) is 3.81. The highest BCUT2D eigenvalue weighted by atomic mass is 32.2. The van der Waals surface area contributed by atoms with Crippen molar-refractivity contribution in [3.8, 4) is 0 Å². The van der Waals surface area contributed by atoms with Crippen molar-refractivity contribution in [3.05, 3.63) is 0 Å². The van der Waals surface area contributed by atoms with Gasteiger partial charge in [-0.3, -0.25) is 4.79 Å². The molecule has 0 rings (SSSR count). The Hall–Kier alpha value is 0.117. The number of unbranched alkanes of at least 4 members (excludes halogenated alkanes) is 2. The molecule has 1 atom stereocenters. The van der Waals surface area contributed by atoms with Gasteiger partial charge in [-0.1, -0.05) is 31.5 Å². The number of carbonyl (C=O) groups excluding carboxylic acids is 1. The van der Waals surface area contributed by atoms with Gasteiger partial charge in [0.05, 0.1) is 4.87 Å². The number of rotatable bonds is 9. The quantitative estimate of drug-likeness (QED) is 0.480. The predicted molar refractivity (Wildman–Crippen MR) is 73.0 cm³/mol. The summed E-state index contributed by atoms with van der Waals surface area (Å²) in [6.45, 7) is 4.05. The van der Waals surface area contributed by atoms with Gasteiger partial charge in [0.1, 0.15) is 0 Å². The number of thioether (sulfide) groups is 1. The second-order valence-corrected chi connectivity index (χ2v) is 8.92. The Morgan fingerprint density at radius 2 is 1.71 bits per heavy atom. The van der Waals surface area contributed by atoms with E-state index in [9.17, 15) is 4.79 Å². The van der Waals surface area contributed by atoms with Gasteiger partial charge in [-0.2, -0.15) is 0 Å². The van der Waals surface area contributed by atoms with Crippen LogP contribution in [0, 0.1) is 0 Å². The average Bonchev–Trinajstić information content (AvgIpc) is 2.32. The molecule has 0 N–H and O–H groups in total. The normalized spacial score (nSPS) is 13.7. The topological polar surface area (TPSA) is 44.8 Å². The summed E-state index contributed by atoms with van der Waals surface area (Å²) in [6.07, 6.45) is 3.80. The predicted octanol–water partition coefficient (Wildman–Crippen LogP) is 2.63. The standard InChI is InChI=1S/C11H24O4SSi/c1-6-7-8-9-11(12)16-10(2)17(13-3,14-4)15-5/h10H,6-9H2,1-5H3. The molecular formula is C11H24O4SSi. The first-order chi connectivity index (χ1) is 8.06. The maximum Gasteiger partial charge on any atom is 0.514 e. The van der Waals surface area contributed by atoms with E-state index < -0.39 is 8.80 Å². The molecule has 6 heteroatoms. The van der Waals surface area contributed by atoms with Crippen molar-refractivity contribution in [1.82, 2.24) is 0 Å². The lowest BCUT2D eigenvalue weighted by Crippen LogP contribution is -2.52. The molecule has 0 saturated carbocycles. The summed E-state index contributed by atoms with van der Waals surface area (Å²) < 4.78 is 16.0. The Balaban J connectivity index is 4.21. The van der Waals surface area contributed by atoms with Crippen LogP contribution in [0.15, 0.2) is 0 Å². The van der Waals surface area contributed by atoms with E-state index in [4.69, 9.17) is 13.3 Å². The molecule has 0 aliphatic rings. The van der Waals surface area contributed by atoms with Crippen molar-refractivity contribution in [2.24, 2.45) is 0 Å². The highest BCUT2D eigenvalue weighted by Crippen LogP contribution is 2.25. The molecule has 0 aromatic rings. The smallest absolute Gasteiger partial charge is 0.376 e. The van der Waals surface area contributed by atoms with Crippen LogP contribution in [-0.2, 0) is 18.1 Å². The van der Waals surface area contributed by atoms with E-state index in [1.54, 1.807) is 21.3 Å². The van der Waals surface area contributed by atoms with Crippen LogP contribution in [0.4, 0.5) is 0 Å². The molecular weight excluding hydrogens is 256 g/mol. The molecule has 0 aliphatic carbocycles. The number of hydrogen-bond acceptors (Lipinski definition) is 5. The Labute approximate surface area is 110 Å². The summed E-state index contributed by atoms with van der Waals surface area (Å²) in [5, 5.41) is 0.189. The molecule has 0 spiro atoms. The maximum atomic E-state index is 11.7. The van der Waals surface area contributed by atoms with Crippen LogP contribution in [0.1, 0.15) is 39.5 Å². The highest BCUT2D eigenvalue weighted by molar-refractivity contribution is 8.15. The van der Waals surface area contributed by atoms with Gasteiger partial charge in [0.25, 0.3) is 0 Å². The third-order valence-corrected chi connectivity index (χ3v) is 7.39. The van der Waals surface area contributed by atoms with Gasteiger partial charge in [0.2, 0.25) is 0 Å². The summed E-state index contributed by atoms with van der Waals surface area (Å²) in [7, 11) is 2.01. The lowest BCUT2D eigenvalue weighted by Gasteiger charge is -2.29. The van der Waals surface area contributed by atoms with Crippen molar-refractivity contribution >= 4 is 25.7 Å². The summed E-state index contributed by atoms with van der Waals surface area (Å²) in [5.74, 6) is 0. The summed E-state index contributed by atoms with van der Waals surface area (Å²) in [4.78, 5) is 11.7. The largest absolute Gasteiger partial charge is 0.514 e. The molecule has 0 bridgehead atoms. The summed E-state index contributed by atoms with van der Waals surface area (Å²) in [6, 6.07) is 0. The average molecular weight is 280 g/mol. The first-order valence-electron chi connectivity index (χ1n) is 5.91. The molecule has 0 radical (unpaired) electrons. The van der Waals surface area contributed by atoms with Crippen LogP contribution < -0.4 is 0 Å². The van der Waals surface area contributed by atoms with Crippen LogP contribution in [0.5, 0.6) is 0 Å². The van der Waals surface area contributed by atoms with E-state index in [2.05, 4.69) is 6.92 Å². The van der Waals surface area contributed by atoms with E-state index in [1.165, 1.54) is 11.8 Å². The fourth-order valence-corrected chi connectivity index (χ4v) is 5.59. The minimum Gasteiger partial charge on any atom is -0.376 e. The fourth-order valence-electron chi connectivity index (χ4n) is 1.60. The highest BCUT2D eigenvalue weighted by Gasteiger charge is 2.46. The van der Waals surface area contributed by atoms with Crippen molar-refractivity contribution in [1.29, 1.82) is 0 Å². The molecule has 17 heavy (non-hydrogen) atoms. The van der Waals surface area contributed by atoms with Gasteiger partial charge >= 0.3 is 8.80 Å². The van der Waals surface area contributed by atoms with Crippen molar-refractivity contribution in [2.75, 3.05) is 21.3 Å². The first-order valence-corrected chi connectivity index (χ1v) is 8.59. The van der Waals surface area contributed by atoms with Crippen molar-refractivity contribution in [3.63, 3.8) is 0 Å². The Bertz CT molecular complexity index is 213. The first kappa shape index (κ1) is 17.1. The van der Waals surface area contributed by atoms with Crippen LogP contribution in [-0.4, -0.2) is 40.1 Å². The fraction of sp³-hybridized carbons (Fsp3) is 0.909. The Kier molecular flexibility index (Phi) is 9.16. The SMILES string of the molecule is CCCCCC(=O)SC(C)[Si](OC)(OC)OC. The molecule has 0 fully saturated rings. The molecule has 1 unspecified atom stereocenters. The van der Waals surface area contributed by atoms with E-state index in [1.807, 2.05) is 6.92 Å². The summed E-state index contributed by atoms with van der Waals surface area (Å²) >= 11 is 1.28. The third kappa shape index (κ3) is 5.52. The van der Waals surface area contributed by atoms with Crippen LogP contribution in [0.25, 0.3) is 0 Å². The summed E-state index contributed by atoms with van der Waals surface area (Å²) in [5.41, 5.74) is 0. The lowest BCUT2D eigenvalue weighted by atomic mass is 10.2. The van der Waals surface area contributed by atoms with E-state index in [-0.39, 0.29) is 9.99 Å². The monoisotopic (exact) mass is 280 g/mol. The molecule has 0 aromatic carbocycles. The molecule has 0 heterocycles. The van der Waals surface area contributed by atoms with E-state index in [0.29, 0.717) is 6.42 Å². The van der Waals surface area contributed by atoms with E-state index in [0.717, 1.165) is 19.3 Å². The van der Waals surface area contributed by atoms with Gasteiger partial charge < -0.3 is 13.3 Å². The Morgan fingerprint density at radius 3 is 2.12 bits per heavy atom. The Morgan fingerprint density at radius 1 is 1.18 bits per heavy atom. The minimum atomic E-state index is -2.69. The van der Waals surface area contributed by atoms with Gasteiger partial charge in [-0.05, 0) is 13.3 Å². The minimum absolute atomic E-state index is 0.0726. The number of carbonyl (C=O) groups is 1. The maximum absolute atomic E-state index is 11.7. The third-order valence-electron chi connectivity index (χ3n) is 2.64. The molecule has 0 aliphatic heterocycles. The lowest BCUT2D eigenvalue weighted by molar-refractivity contribution is -0.111.